The first-order valence-electron chi connectivity index (χ1n) is 7.10. The molecule has 1 fully saturated rings. The molecule has 0 heterocycles. The summed E-state index contributed by atoms with van der Waals surface area (Å²) in [5.74, 6) is -2.60. The largest absolute Gasteiger partial charge is 0.446 e. The van der Waals surface area contributed by atoms with Crippen LogP contribution in [0.5, 0.6) is 0 Å². The number of ether oxygens (including phenoxy) is 1. The van der Waals surface area contributed by atoms with Crippen LogP contribution in [-0.2, 0) is 23.9 Å². The summed E-state index contributed by atoms with van der Waals surface area (Å²) in [6.07, 6.45) is 2.25. The molecule has 0 radical (unpaired) electrons. The lowest BCUT2D eigenvalue weighted by Gasteiger charge is -2.29. The molecule has 0 amide bonds. The second-order valence-electron chi connectivity index (χ2n) is 5.90. The van der Waals surface area contributed by atoms with Gasteiger partial charge in [-0.3, -0.25) is 19.2 Å². The Bertz CT molecular complexity index is 422. The van der Waals surface area contributed by atoms with Crippen LogP contribution < -0.4 is 0 Å². The summed E-state index contributed by atoms with van der Waals surface area (Å²) in [6.45, 7) is 5.16. The van der Waals surface area contributed by atoms with Crippen LogP contribution >= 0.6 is 0 Å². The Balaban J connectivity index is 2.55. The van der Waals surface area contributed by atoms with Crippen molar-refractivity contribution in [2.75, 3.05) is 0 Å². The van der Waals surface area contributed by atoms with E-state index in [-0.39, 0.29) is 12.8 Å². The Hall–Kier alpha value is -1.52. The van der Waals surface area contributed by atoms with Crippen LogP contribution in [0.15, 0.2) is 0 Å². The van der Waals surface area contributed by atoms with Gasteiger partial charge in [-0.1, -0.05) is 40.0 Å². The van der Waals surface area contributed by atoms with Gasteiger partial charge in [0, 0.05) is 18.3 Å². The van der Waals surface area contributed by atoms with E-state index in [4.69, 9.17) is 4.74 Å². The van der Waals surface area contributed by atoms with E-state index in [1.165, 1.54) is 0 Å². The number of carbonyl (C=O) groups excluding carboxylic acids is 4. The van der Waals surface area contributed by atoms with Crippen LogP contribution in [0.3, 0.4) is 0 Å². The van der Waals surface area contributed by atoms with Crippen molar-refractivity contribution in [1.82, 2.24) is 0 Å². The van der Waals surface area contributed by atoms with Gasteiger partial charge in [0.15, 0.2) is 5.78 Å². The molecule has 0 aromatic carbocycles. The average Bonchev–Trinajstić information content (AvgIpc) is 2.37. The third-order valence-corrected chi connectivity index (χ3v) is 3.47. The Morgan fingerprint density at radius 3 is 2.45 bits per heavy atom. The van der Waals surface area contributed by atoms with Crippen molar-refractivity contribution in [3.63, 3.8) is 0 Å². The monoisotopic (exact) mass is 282 g/mol. The molecule has 1 saturated carbocycles. The van der Waals surface area contributed by atoms with Crippen LogP contribution in [0.2, 0.25) is 0 Å². The molecule has 0 spiro atoms. The lowest BCUT2D eigenvalue weighted by Crippen LogP contribution is -2.51. The molecule has 0 aromatic heterocycles. The van der Waals surface area contributed by atoms with Gasteiger partial charge in [-0.05, 0) is 6.42 Å². The fraction of sp³-hybridized carbons (Fsp3) is 0.733. The molecule has 0 saturated heterocycles. The summed E-state index contributed by atoms with van der Waals surface area (Å²) in [7, 11) is 0. The van der Waals surface area contributed by atoms with Gasteiger partial charge in [0.05, 0.1) is 0 Å². The van der Waals surface area contributed by atoms with Crippen molar-refractivity contribution in [2.24, 2.45) is 5.41 Å². The molecule has 0 aliphatic heterocycles. The van der Waals surface area contributed by atoms with Gasteiger partial charge in [0.1, 0.15) is 0 Å². The normalized spacial score (nSPS) is 21.9. The van der Waals surface area contributed by atoms with Crippen LogP contribution in [0.1, 0.15) is 59.3 Å². The van der Waals surface area contributed by atoms with Gasteiger partial charge >= 0.3 is 5.97 Å². The summed E-state index contributed by atoms with van der Waals surface area (Å²) in [5.41, 5.74) is -0.988. The van der Waals surface area contributed by atoms with Crippen LogP contribution in [0.25, 0.3) is 0 Å². The minimum atomic E-state index is -1.52. The number of unbranched alkanes of at least 4 members (excludes halogenated alkanes) is 3. The van der Waals surface area contributed by atoms with Gasteiger partial charge in [-0.2, -0.15) is 0 Å². The number of Topliss-reactive ketones (excluding diaryl/α,β-unsaturated/α-hetero) is 3. The van der Waals surface area contributed by atoms with Crippen LogP contribution in [-0.4, -0.2) is 29.4 Å². The highest BCUT2D eigenvalue weighted by molar-refractivity contribution is 6.46. The average molecular weight is 282 g/mol. The molecule has 5 nitrogen and oxygen atoms in total. The van der Waals surface area contributed by atoms with Crippen molar-refractivity contribution in [3.8, 4) is 0 Å². The van der Waals surface area contributed by atoms with E-state index in [0.29, 0.717) is 6.42 Å². The Morgan fingerprint density at radius 2 is 1.85 bits per heavy atom. The third kappa shape index (κ3) is 3.99. The molecule has 0 aromatic rings. The first-order chi connectivity index (χ1) is 9.29. The maximum atomic E-state index is 11.8. The van der Waals surface area contributed by atoms with Gasteiger partial charge < -0.3 is 4.74 Å². The Morgan fingerprint density at radius 1 is 1.20 bits per heavy atom. The van der Waals surface area contributed by atoms with Gasteiger partial charge in [-0.15, -0.1) is 0 Å². The van der Waals surface area contributed by atoms with E-state index in [1.807, 2.05) is 0 Å². The molecule has 1 aliphatic rings. The van der Waals surface area contributed by atoms with Gasteiger partial charge in [0.2, 0.25) is 17.7 Å². The molecule has 1 atom stereocenters. The summed E-state index contributed by atoms with van der Waals surface area (Å²) in [5, 5.41) is 0. The van der Waals surface area contributed by atoms with E-state index >= 15 is 0 Å². The summed E-state index contributed by atoms with van der Waals surface area (Å²) in [4.78, 5) is 47.0. The van der Waals surface area contributed by atoms with Gasteiger partial charge in [-0.25, -0.2) is 0 Å². The smallest absolute Gasteiger partial charge is 0.306 e. The number of hydrogen-bond acceptors (Lipinski definition) is 5. The van der Waals surface area contributed by atoms with Crippen molar-refractivity contribution in [2.45, 2.75) is 65.4 Å². The highest BCUT2D eigenvalue weighted by Crippen LogP contribution is 2.29. The number of ketones is 3. The summed E-state index contributed by atoms with van der Waals surface area (Å²) < 4.78 is 4.90. The standard InChI is InChI=1S/C15H22O5/c1-4-5-6-7-8-11(17)20-13-10(16)9-15(2,3)14(19)12(13)18/h13H,4-9H2,1-3H3. The van der Waals surface area contributed by atoms with Gasteiger partial charge in [0.25, 0.3) is 0 Å². The van der Waals surface area contributed by atoms with Crippen LogP contribution in [0, 0.1) is 5.41 Å². The zero-order chi connectivity index (χ0) is 15.3. The SMILES string of the molecule is CCCCCCC(=O)OC1C(=O)CC(C)(C)C(=O)C1=O. The van der Waals surface area contributed by atoms with E-state index in [1.54, 1.807) is 13.8 Å². The van der Waals surface area contributed by atoms with E-state index in [9.17, 15) is 19.2 Å². The second-order valence-corrected chi connectivity index (χ2v) is 5.90. The Kier molecular flexibility index (Phi) is 5.60. The topological polar surface area (TPSA) is 77.5 Å². The quantitative estimate of drug-likeness (QED) is 0.322. The number of hydrogen-bond donors (Lipinski definition) is 0. The molecule has 1 aliphatic carbocycles. The van der Waals surface area contributed by atoms with E-state index < -0.39 is 34.8 Å². The highest BCUT2D eigenvalue weighted by Gasteiger charge is 2.48. The van der Waals surface area contributed by atoms with Crippen molar-refractivity contribution >= 4 is 23.3 Å². The lowest BCUT2D eigenvalue weighted by atomic mass is 9.74. The van der Waals surface area contributed by atoms with Crippen molar-refractivity contribution in [3.05, 3.63) is 0 Å². The molecule has 112 valence electrons. The third-order valence-electron chi connectivity index (χ3n) is 3.47. The fourth-order valence-electron chi connectivity index (χ4n) is 2.21. The van der Waals surface area contributed by atoms with E-state index in [0.717, 1.165) is 19.3 Å². The molecule has 1 unspecified atom stereocenters. The predicted molar refractivity (Wildman–Crippen MR) is 72.1 cm³/mol. The summed E-state index contributed by atoms with van der Waals surface area (Å²) >= 11 is 0. The lowest BCUT2D eigenvalue weighted by molar-refractivity contribution is -0.167. The summed E-state index contributed by atoms with van der Waals surface area (Å²) in [6, 6.07) is 0. The predicted octanol–water partition coefficient (Wildman–Crippen LogP) is 2.01. The number of carbonyl (C=O) groups is 4. The zero-order valence-electron chi connectivity index (χ0n) is 12.4. The molecular formula is C15H22O5. The van der Waals surface area contributed by atoms with Crippen molar-refractivity contribution in [1.29, 1.82) is 0 Å². The number of rotatable bonds is 6. The molecule has 1 rings (SSSR count). The van der Waals surface area contributed by atoms with E-state index in [2.05, 4.69) is 6.92 Å². The second kappa shape index (κ2) is 6.77. The number of esters is 1. The molecule has 0 N–H and O–H groups in total. The minimum absolute atomic E-state index is 0.0641. The van der Waals surface area contributed by atoms with Crippen LogP contribution in [0.4, 0.5) is 0 Å². The minimum Gasteiger partial charge on any atom is -0.446 e. The fourth-order valence-corrected chi connectivity index (χ4v) is 2.21. The molecule has 5 heteroatoms. The highest BCUT2D eigenvalue weighted by atomic mass is 16.6. The first-order valence-corrected chi connectivity index (χ1v) is 7.10. The Labute approximate surface area is 119 Å². The molecule has 20 heavy (non-hydrogen) atoms. The maximum Gasteiger partial charge on any atom is 0.306 e. The molecule has 0 bridgehead atoms. The maximum absolute atomic E-state index is 11.8. The zero-order valence-corrected chi connectivity index (χ0v) is 12.4. The molecular weight excluding hydrogens is 260 g/mol. The van der Waals surface area contributed by atoms with Crippen molar-refractivity contribution < 1.29 is 23.9 Å². The first kappa shape index (κ1) is 16.5.